The molecule has 0 aromatic rings. The molecule has 98 valence electrons. The van der Waals surface area contributed by atoms with Crippen LogP contribution in [-0.4, -0.2) is 38.6 Å². The average molecular weight is 228 g/mol. The third-order valence-corrected chi connectivity index (χ3v) is 3.40. The van der Waals surface area contributed by atoms with Crippen LogP contribution in [0.25, 0.3) is 0 Å². The Morgan fingerprint density at radius 1 is 1.00 bits per heavy atom. The Hall–Kier alpha value is -0.0800. The van der Waals surface area contributed by atoms with Crippen LogP contribution in [0.15, 0.2) is 0 Å². The van der Waals surface area contributed by atoms with Gasteiger partial charge in [0.2, 0.25) is 0 Å². The van der Waals surface area contributed by atoms with E-state index in [0.717, 1.165) is 6.54 Å². The molecule has 0 aliphatic carbocycles. The lowest BCUT2D eigenvalue weighted by Crippen LogP contribution is -2.43. The summed E-state index contributed by atoms with van der Waals surface area (Å²) in [5.74, 6) is 0. The number of hydrogen-bond acceptors (Lipinski definition) is 2. The monoisotopic (exact) mass is 228 g/mol. The van der Waals surface area contributed by atoms with Crippen LogP contribution in [0.3, 0.4) is 0 Å². The quantitative estimate of drug-likeness (QED) is 0.720. The molecule has 0 amide bonds. The highest BCUT2D eigenvalue weighted by Crippen LogP contribution is 2.27. The van der Waals surface area contributed by atoms with E-state index >= 15 is 0 Å². The summed E-state index contributed by atoms with van der Waals surface area (Å²) in [6.07, 6.45) is 2.50. The summed E-state index contributed by atoms with van der Waals surface area (Å²) in [6.45, 7) is 15.0. The fourth-order valence-corrected chi connectivity index (χ4v) is 2.59. The Bertz CT molecular complexity index is 178. The van der Waals surface area contributed by atoms with Gasteiger partial charge in [0.1, 0.15) is 0 Å². The van der Waals surface area contributed by atoms with Crippen LogP contribution in [0.2, 0.25) is 0 Å². The maximum atomic E-state index is 3.35. The summed E-state index contributed by atoms with van der Waals surface area (Å²) in [5.41, 5.74) is 0.830. The topological polar surface area (TPSA) is 15.3 Å². The SMILES string of the molecule is CCC(CC)(CNC)CN(C)CC(C)(C)C. The minimum Gasteiger partial charge on any atom is -0.319 e. The molecule has 0 aliphatic heterocycles. The molecule has 0 aliphatic rings. The van der Waals surface area contributed by atoms with Gasteiger partial charge in [0, 0.05) is 19.6 Å². The van der Waals surface area contributed by atoms with Crippen LogP contribution in [0.5, 0.6) is 0 Å². The summed E-state index contributed by atoms with van der Waals surface area (Å²) in [5, 5.41) is 3.35. The van der Waals surface area contributed by atoms with E-state index in [4.69, 9.17) is 0 Å². The molecule has 0 saturated heterocycles. The Balaban J connectivity index is 4.39. The third kappa shape index (κ3) is 5.86. The first-order valence-corrected chi connectivity index (χ1v) is 6.62. The molecule has 0 atom stereocenters. The number of rotatable bonds is 7. The summed E-state index contributed by atoms with van der Waals surface area (Å²) in [4.78, 5) is 2.49. The lowest BCUT2D eigenvalue weighted by molar-refractivity contribution is 0.127. The van der Waals surface area contributed by atoms with E-state index in [2.05, 4.69) is 58.9 Å². The van der Waals surface area contributed by atoms with Crippen LogP contribution in [0, 0.1) is 10.8 Å². The maximum absolute atomic E-state index is 3.35. The van der Waals surface area contributed by atoms with E-state index in [1.807, 2.05) is 0 Å². The van der Waals surface area contributed by atoms with Crippen molar-refractivity contribution in [2.75, 3.05) is 33.7 Å². The molecule has 1 N–H and O–H groups in total. The largest absolute Gasteiger partial charge is 0.319 e. The smallest absolute Gasteiger partial charge is 0.00471 e. The Labute approximate surface area is 103 Å². The van der Waals surface area contributed by atoms with Gasteiger partial charge in [-0.2, -0.15) is 0 Å². The van der Waals surface area contributed by atoms with Crippen LogP contribution in [0.4, 0.5) is 0 Å². The average Bonchev–Trinajstić information content (AvgIpc) is 2.14. The molecule has 0 unspecified atom stereocenters. The number of nitrogens with one attached hydrogen (secondary N) is 1. The van der Waals surface area contributed by atoms with E-state index in [0.29, 0.717) is 10.8 Å². The first-order chi connectivity index (χ1) is 7.28. The molecule has 0 saturated carbocycles. The van der Waals surface area contributed by atoms with Gasteiger partial charge in [-0.25, -0.2) is 0 Å². The molecule has 0 aromatic heterocycles. The standard InChI is InChI=1S/C14H32N2/c1-8-14(9-2,10-15-6)12-16(7)11-13(3,4)5/h15H,8-12H2,1-7H3. The van der Waals surface area contributed by atoms with Gasteiger partial charge >= 0.3 is 0 Å². The molecule has 0 fully saturated rings. The van der Waals surface area contributed by atoms with Crippen molar-refractivity contribution in [3.63, 3.8) is 0 Å². The third-order valence-electron chi connectivity index (χ3n) is 3.40. The fourth-order valence-electron chi connectivity index (χ4n) is 2.59. The normalized spacial score (nSPS) is 13.5. The molecule has 0 spiro atoms. The minimum atomic E-state index is 0.390. The van der Waals surface area contributed by atoms with Crippen molar-refractivity contribution >= 4 is 0 Å². The van der Waals surface area contributed by atoms with Gasteiger partial charge in [0.25, 0.3) is 0 Å². The Morgan fingerprint density at radius 3 is 1.81 bits per heavy atom. The molecule has 2 nitrogen and oxygen atoms in total. The molecule has 0 heterocycles. The van der Waals surface area contributed by atoms with Gasteiger partial charge in [-0.1, -0.05) is 34.6 Å². The van der Waals surface area contributed by atoms with E-state index < -0.39 is 0 Å². The number of hydrogen-bond donors (Lipinski definition) is 1. The van der Waals surface area contributed by atoms with Crippen molar-refractivity contribution in [1.82, 2.24) is 10.2 Å². The first-order valence-electron chi connectivity index (χ1n) is 6.62. The zero-order valence-electron chi connectivity index (χ0n) is 12.5. The molecule has 2 heteroatoms. The summed E-state index contributed by atoms with van der Waals surface area (Å²) in [6, 6.07) is 0. The number of nitrogens with zero attached hydrogens (tertiary/aromatic N) is 1. The predicted molar refractivity (Wildman–Crippen MR) is 73.9 cm³/mol. The van der Waals surface area contributed by atoms with Crippen LogP contribution in [-0.2, 0) is 0 Å². The maximum Gasteiger partial charge on any atom is 0.00471 e. The molecule has 0 rings (SSSR count). The molecular weight excluding hydrogens is 196 g/mol. The zero-order valence-corrected chi connectivity index (χ0v) is 12.5. The fraction of sp³-hybridized carbons (Fsp3) is 1.00. The second-order valence-electron chi connectivity index (χ2n) is 6.47. The lowest BCUT2D eigenvalue weighted by Gasteiger charge is -2.38. The van der Waals surface area contributed by atoms with E-state index in [-0.39, 0.29) is 0 Å². The summed E-state index contributed by atoms with van der Waals surface area (Å²) >= 11 is 0. The van der Waals surface area contributed by atoms with Gasteiger partial charge in [0.15, 0.2) is 0 Å². The minimum absolute atomic E-state index is 0.390. The summed E-state index contributed by atoms with van der Waals surface area (Å²) in [7, 11) is 4.31. The first kappa shape index (κ1) is 15.9. The van der Waals surface area contributed by atoms with E-state index in [1.54, 1.807) is 0 Å². The van der Waals surface area contributed by atoms with Gasteiger partial charge < -0.3 is 10.2 Å². The predicted octanol–water partition coefficient (Wildman–Crippen LogP) is 2.99. The Morgan fingerprint density at radius 2 is 1.50 bits per heavy atom. The second-order valence-corrected chi connectivity index (χ2v) is 6.47. The van der Waals surface area contributed by atoms with Gasteiger partial charge in [0.05, 0.1) is 0 Å². The van der Waals surface area contributed by atoms with Crippen molar-refractivity contribution in [1.29, 1.82) is 0 Å². The van der Waals surface area contributed by atoms with Crippen molar-refractivity contribution < 1.29 is 0 Å². The molecule has 0 bridgehead atoms. The highest BCUT2D eigenvalue weighted by molar-refractivity contribution is 4.82. The van der Waals surface area contributed by atoms with Crippen molar-refractivity contribution in [3.8, 4) is 0 Å². The van der Waals surface area contributed by atoms with Crippen molar-refractivity contribution in [2.45, 2.75) is 47.5 Å². The zero-order chi connectivity index (χ0) is 12.8. The van der Waals surface area contributed by atoms with E-state index in [1.165, 1.54) is 25.9 Å². The molecular formula is C14H32N2. The summed E-state index contributed by atoms with van der Waals surface area (Å²) < 4.78 is 0. The van der Waals surface area contributed by atoms with Gasteiger partial charge in [-0.3, -0.25) is 0 Å². The lowest BCUT2D eigenvalue weighted by atomic mass is 9.81. The Kier molecular flexibility index (Phi) is 6.57. The van der Waals surface area contributed by atoms with Crippen LogP contribution in [0.1, 0.15) is 47.5 Å². The van der Waals surface area contributed by atoms with Gasteiger partial charge in [-0.05, 0) is 37.8 Å². The van der Waals surface area contributed by atoms with Crippen molar-refractivity contribution in [3.05, 3.63) is 0 Å². The van der Waals surface area contributed by atoms with Crippen molar-refractivity contribution in [2.24, 2.45) is 10.8 Å². The van der Waals surface area contributed by atoms with Gasteiger partial charge in [-0.15, -0.1) is 0 Å². The van der Waals surface area contributed by atoms with E-state index in [9.17, 15) is 0 Å². The highest BCUT2D eigenvalue weighted by atomic mass is 15.1. The molecule has 0 aromatic carbocycles. The second kappa shape index (κ2) is 6.61. The highest BCUT2D eigenvalue weighted by Gasteiger charge is 2.28. The van der Waals surface area contributed by atoms with Crippen LogP contribution >= 0.6 is 0 Å². The molecule has 16 heavy (non-hydrogen) atoms. The van der Waals surface area contributed by atoms with Crippen LogP contribution < -0.4 is 5.32 Å². The molecule has 0 radical (unpaired) electrons.